The third-order valence-corrected chi connectivity index (χ3v) is 8.32. The van der Waals surface area contributed by atoms with E-state index < -0.39 is 18.5 Å². The van der Waals surface area contributed by atoms with E-state index >= 15 is 0 Å². The van der Waals surface area contributed by atoms with E-state index in [9.17, 15) is 24.7 Å². The number of amides is 1. The molecule has 0 unspecified atom stereocenters. The third-order valence-electron chi connectivity index (χ3n) is 8.32. The second-order valence-electron chi connectivity index (χ2n) is 10.8. The van der Waals surface area contributed by atoms with Gasteiger partial charge in [0.2, 0.25) is 5.91 Å². The molecule has 0 aromatic heterocycles. The molecule has 2 aliphatic carbocycles. The van der Waals surface area contributed by atoms with Crippen molar-refractivity contribution in [2.45, 2.75) is 62.4 Å². The smallest absolute Gasteiger partial charge is 0.438 e. The van der Waals surface area contributed by atoms with Gasteiger partial charge in [-0.3, -0.25) is 4.79 Å². The Morgan fingerprint density at radius 2 is 1.94 bits per heavy atom. The first-order chi connectivity index (χ1) is 17.2. The van der Waals surface area contributed by atoms with Gasteiger partial charge in [-0.15, -0.1) is 6.58 Å². The second kappa shape index (κ2) is 9.70. The lowest BCUT2D eigenvalue weighted by Crippen LogP contribution is -2.57. The fourth-order valence-electron chi connectivity index (χ4n) is 6.28. The molecule has 1 amide bonds. The van der Waals surface area contributed by atoms with Crippen LogP contribution in [0.15, 0.2) is 24.3 Å². The fourth-order valence-corrected chi connectivity index (χ4v) is 6.28. The monoisotopic (exact) mass is 501 g/mol. The van der Waals surface area contributed by atoms with Crippen LogP contribution >= 0.6 is 0 Å². The summed E-state index contributed by atoms with van der Waals surface area (Å²) in [6.45, 7) is 3.21. The minimum Gasteiger partial charge on any atom is -0.669 e. The Morgan fingerprint density at radius 1 is 1.22 bits per heavy atom. The van der Waals surface area contributed by atoms with Crippen molar-refractivity contribution in [3.8, 4) is 11.5 Å². The van der Waals surface area contributed by atoms with E-state index in [4.69, 9.17) is 9.39 Å². The number of nitrogens with zero attached hydrogens (tertiary/aromatic N) is 1. The highest BCUT2D eigenvalue weighted by atomic mass is 16.6. The minimum atomic E-state index is -3.25. The number of aromatic carboxylic acids is 1. The van der Waals surface area contributed by atoms with Crippen LogP contribution in [0.3, 0.4) is 0 Å². The van der Waals surface area contributed by atoms with Gasteiger partial charge < -0.3 is 40.5 Å². The highest BCUT2D eigenvalue weighted by Gasteiger charge is 2.52. The molecule has 4 aliphatic rings. The summed E-state index contributed by atoms with van der Waals surface area (Å²) in [5.41, 5.74) is 4.95. The topological polar surface area (TPSA) is 156 Å². The summed E-state index contributed by atoms with van der Waals surface area (Å²) in [6, 6.07) is 3.86. The first-order valence-corrected chi connectivity index (χ1v) is 13.0. The first kappa shape index (κ1) is 25.1. The van der Waals surface area contributed by atoms with Crippen LogP contribution in [0.4, 0.5) is 0 Å². The van der Waals surface area contributed by atoms with E-state index in [1.807, 2.05) is 0 Å². The van der Waals surface area contributed by atoms with Crippen LogP contribution in [-0.2, 0) is 4.79 Å². The van der Waals surface area contributed by atoms with Crippen molar-refractivity contribution in [1.82, 2.24) is 10.2 Å². The molecule has 1 saturated heterocycles. The summed E-state index contributed by atoms with van der Waals surface area (Å²) in [6.07, 6.45) is 5.01. The van der Waals surface area contributed by atoms with Crippen molar-refractivity contribution >= 4 is 18.6 Å². The molecule has 2 aliphatic heterocycles. The Hall–Kier alpha value is -2.60. The van der Waals surface area contributed by atoms with Crippen molar-refractivity contribution in [3.63, 3.8) is 0 Å². The molecular formula is C25H36BN3O7. The van der Waals surface area contributed by atoms with Gasteiger partial charge in [0.15, 0.2) is 0 Å². The average Bonchev–Trinajstić information content (AvgIpc) is 2.78. The van der Waals surface area contributed by atoms with E-state index in [2.05, 4.69) is 17.6 Å². The number of hydrogen-bond donors (Lipinski definition) is 5. The van der Waals surface area contributed by atoms with E-state index in [1.165, 1.54) is 0 Å². The fraction of sp³-hybridized carbons (Fsp3) is 0.600. The number of benzene rings is 1. The number of hydrogen-bond acceptors (Lipinski definition) is 7. The molecule has 0 bridgehead atoms. The molecule has 1 aromatic rings. The number of quaternary nitrogens is 1. The van der Waals surface area contributed by atoms with Crippen molar-refractivity contribution in [2.75, 3.05) is 26.2 Å². The maximum absolute atomic E-state index is 12.8. The van der Waals surface area contributed by atoms with Gasteiger partial charge in [-0.1, -0.05) is 11.6 Å². The van der Waals surface area contributed by atoms with E-state index in [0.717, 1.165) is 38.8 Å². The lowest BCUT2D eigenvalue weighted by molar-refractivity contribution is -0.365. The highest BCUT2D eigenvalue weighted by Crippen LogP contribution is 2.60. The zero-order valence-corrected chi connectivity index (χ0v) is 20.5. The van der Waals surface area contributed by atoms with Crippen LogP contribution in [0.5, 0.6) is 11.5 Å². The van der Waals surface area contributed by atoms with Crippen LogP contribution < -0.4 is 20.4 Å². The molecule has 7 N–H and O–H groups in total. The molecule has 0 spiro atoms. The number of carboxylic acid groups (broad SMARTS) is 1. The van der Waals surface area contributed by atoms with Gasteiger partial charge in [-0.25, -0.2) is 4.79 Å². The number of carbonyl (C=O) groups is 2. The SMILES string of the molecule is C=C1C[C@@H]2c3ccc(OC4CN(C(=O)CC5CCC(NCC[NH3+])CC5)C4)c(C(=O)O)c3O[B-](O)(O)[C@H]12. The molecule has 0 radical (unpaired) electrons. The molecule has 10 nitrogen and oxygen atoms in total. The Kier molecular flexibility index (Phi) is 6.75. The molecule has 11 heteroatoms. The van der Waals surface area contributed by atoms with Crippen LogP contribution in [0.2, 0.25) is 5.82 Å². The van der Waals surface area contributed by atoms with Crippen molar-refractivity contribution in [3.05, 3.63) is 35.4 Å². The third kappa shape index (κ3) is 4.60. The molecule has 2 atom stereocenters. The summed E-state index contributed by atoms with van der Waals surface area (Å²) in [7, 11) is 0. The zero-order chi connectivity index (χ0) is 25.6. The van der Waals surface area contributed by atoms with Crippen molar-refractivity contribution < 1.29 is 39.9 Å². The Morgan fingerprint density at radius 3 is 2.58 bits per heavy atom. The number of carbonyl (C=O) groups excluding carboxylic acids is 1. The number of carboxylic acids is 1. The van der Waals surface area contributed by atoms with Gasteiger partial charge in [0, 0.05) is 19.0 Å². The Balaban J connectivity index is 1.18. The maximum Gasteiger partial charge on any atom is 0.438 e. The molecule has 196 valence electrons. The molecule has 3 fully saturated rings. The number of likely N-dealkylation sites (tertiary alicyclic amines) is 1. The van der Waals surface area contributed by atoms with Gasteiger partial charge in [0.25, 0.3) is 0 Å². The van der Waals surface area contributed by atoms with Crippen LogP contribution in [-0.4, -0.2) is 77.0 Å². The lowest BCUT2D eigenvalue weighted by atomic mass is 9.44. The molecule has 36 heavy (non-hydrogen) atoms. The minimum absolute atomic E-state index is 0.0497. The summed E-state index contributed by atoms with van der Waals surface area (Å²) in [5.74, 6) is -1.57. The lowest BCUT2D eigenvalue weighted by Gasteiger charge is -2.55. The molecule has 2 saturated carbocycles. The highest BCUT2D eigenvalue weighted by molar-refractivity contribution is 6.62. The van der Waals surface area contributed by atoms with Crippen LogP contribution in [0.1, 0.15) is 60.4 Å². The second-order valence-corrected chi connectivity index (χ2v) is 10.8. The van der Waals surface area contributed by atoms with E-state index in [1.54, 1.807) is 17.0 Å². The van der Waals surface area contributed by atoms with Gasteiger partial charge in [-0.05, 0) is 61.4 Å². The largest absolute Gasteiger partial charge is 0.669 e. The summed E-state index contributed by atoms with van der Waals surface area (Å²) in [4.78, 5) is 26.6. The maximum atomic E-state index is 12.8. The number of rotatable bonds is 8. The van der Waals surface area contributed by atoms with Crippen LogP contribution in [0.25, 0.3) is 0 Å². The number of allylic oxidation sites excluding steroid dienone is 1. The average molecular weight is 501 g/mol. The van der Waals surface area contributed by atoms with Crippen molar-refractivity contribution in [2.24, 2.45) is 5.92 Å². The summed E-state index contributed by atoms with van der Waals surface area (Å²) >= 11 is 0. The Labute approximate surface area is 210 Å². The summed E-state index contributed by atoms with van der Waals surface area (Å²) < 4.78 is 11.4. The zero-order valence-electron chi connectivity index (χ0n) is 20.5. The molecule has 2 heterocycles. The van der Waals surface area contributed by atoms with Crippen molar-refractivity contribution in [1.29, 1.82) is 0 Å². The standard InChI is InChI=1S/C25H35BN3O7/c1-14-10-19-18-6-7-20(22(25(31)32)24(18)36-26(33,34)23(14)19)35-17-12-29(13-17)21(30)11-15-2-4-16(5-3-15)28-9-8-27/h6-7,15-17,19,23,28,33-34H,1-5,8-13,27H2,(H,31,32)/q-1/p+1/t15?,16?,19-,23-/m1/s1. The van der Waals surface area contributed by atoms with Gasteiger partial charge >= 0.3 is 12.7 Å². The molecule has 1 aromatic carbocycles. The van der Waals surface area contributed by atoms with E-state index in [0.29, 0.717) is 49.0 Å². The van der Waals surface area contributed by atoms with Crippen LogP contribution in [0, 0.1) is 5.92 Å². The summed E-state index contributed by atoms with van der Waals surface area (Å²) in [5, 5.41) is 34.3. The Bertz CT molecular complexity index is 1050. The first-order valence-electron chi connectivity index (χ1n) is 13.0. The number of nitrogens with one attached hydrogen (secondary N) is 1. The molecular weight excluding hydrogens is 465 g/mol. The molecule has 5 rings (SSSR count). The van der Waals surface area contributed by atoms with Gasteiger partial charge in [-0.2, -0.15) is 0 Å². The number of fused-ring (bicyclic) bond motifs is 3. The van der Waals surface area contributed by atoms with Gasteiger partial charge in [0.1, 0.15) is 17.4 Å². The predicted octanol–water partition coefficient (Wildman–Crippen LogP) is 0.484. The normalized spacial score (nSPS) is 28.8. The van der Waals surface area contributed by atoms with Gasteiger partial charge in [0.05, 0.1) is 25.4 Å². The number of ether oxygens (including phenoxy) is 1. The predicted molar refractivity (Wildman–Crippen MR) is 132 cm³/mol. The van der Waals surface area contributed by atoms with E-state index in [-0.39, 0.29) is 35.0 Å². The quantitative estimate of drug-likeness (QED) is 0.255.